The van der Waals surface area contributed by atoms with E-state index in [1.54, 1.807) is 6.08 Å². The maximum absolute atomic E-state index is 11.1. The second kappa shape index (κ2) is 15.1. The average molecular weight is 486 g/mol. The number of carbonyl (C=O) groups is 1. The van der Waals surface area contributed by atoms with Gasteiger partial charge in [0.2, 0.25) is 0 Å². The summed E-state index contributed by atoms with van der Waals surface area (Å²) >= 11 is 0. The molecule has 0 bridgehead atoms. The van der Waals surface area contributed by atoms with E-state index in [1.165, 1.54) is 46.9 Å². The molecule has 0 saturated carbocycles. The summed E-state index contributed by atoms with van der Waals surface area (Å²) in [4.78, 5) is 11.1. The van der Waals surface area contributed by atoms with Gasteiger partial charge >= 0.3 is 5.97 Å². The number of nitrogens with two attached hydrogens (primary N) is 1. The molecule has 0 fully saturated rings. The van der Waals surface area contributed by atoms with E-state index in [-0.39, 0.29) is 12.0 Å². The number of hydrogen-bond donors (Lipinski definition) is 3. The van der Waals surface area contributed by atoms with Gasteiger partial charge in [0.1, 0.15) is 0 Å². The van der Waals surface area contributed by atoms with Gasteiger partial charge in [0.15, 0.2) is 0 Å². The average Bonchev–Trinajstić information content (AvgIpc) is 2.88. The van der Waals surface area contributed by atoms with Crippen LogP contribution in [0.4, 0.5) is 0 Å². The summed E-state index contributed by atoms with van der Waals surface area (Å²) in [6.45, 7) is 14.6. The first-order valence-corrected chi connectivity index (χ1v) is 12.2. The van der Waals surface area contributed by atoms with Gasteiger partial charge in [0.05, 0.1) is 7.11 Å². The number of methoxy groups -OCH3 is 1. The van der Waals surface area contributed by atoms with E-state index < -0.39 is 0 Å². The highest BCUT2D eigenvalue weighted by Crippen LogP contribution is 2.30. The maximum Gasteiger partial charge on any atom is 0.330 e. The Morgan fingerprint density at radius 2 is 1.83 bits per heavy atom. The molecule has 5 heteroatoms. The molecule has 0 spiro atoms. The first-order chi connectivity index (χ1) is 17.4. The molecule has 2 aromatic rings. The zero-order chi connectivity index (χ0) is 26.3. The van der Waals surface area contributed by atoms with Crippen molar-refractivity contribution in [3.05, 3.63) is 121 Å². The predicted molar refractivity (Wildman–Crippen MR) is 152 cm³/mol. The van der Waals surface area contributed by atoms with E-state index in [4.69, 9.17) is 0 Å². The Morgan fingerprint density at radius 3 is 2.58 bits per heavy atom. The van der Waals surface area contributed by atoms with Crippen molar-refractivity contribution in [3.63, 3.8) is 0 Å². The van der Waals surface area contributed by atoms with Crippen LogP contribution in [-0.4, -0.2) is 19.6 Å². The minimum Gasteiger partial charge on any atom is -0.466 e. The number of allylic oxidation sites excluding steroid dienone is 4. The number of fused-ring (bicyclic) bond motifs is 1. The van der Waals surface area contributed by atoms with Gasteiger partial charge in [0.25, 0.3) is 0 Å². The van der Waals surface area contributed by atoms with Crippen LogP contribution in [0.15, 0.2) is 115 Å². The van der Waals surface area contributed by atoms with E-state index in [9.17, 15) is 4.79 Å². The topological polar surface area (TPSA) is 76.4 Å². The standard InChI is InChI=1S/C29H34N2O2.C2H5N/c1-21(30-19-10-9-18-29(32)33-4)20-25-13-6-7-15-26(25)22(2)31-23(3)27-17-11-14-24-12-5-8-16-28(24)27;1-2-3/h5,8-9,11-18,23,30-31H,1-2,6-7,10,19-20H2,3-4H3;2H,1,3H2/b18-9+;. The second-order valence-electron chi connectivity index (χ2n) is 8.49. The van der Waals surface area contributed by atoms with E-state index in [2.05, 4.69) is 102 Å². The van der Waals surface area contributed by atoms with Gasteiger partial charge in [-0.3, -0.25) is 0 Å². The predicted octanol–water partition coefficient (Wildman–Crippen LogP) is 6.35. The number of hydrogen-bond acceptors (Lipinski definition) is 5. The van der Waals surface area contributed by atoms with Crippen molar-refractivity contribution in [2.24, 2.45) is 5.73 Å². The Labute approximate surface area is 215 Å². The minimum absolute atomic E-state index is 0.135. The third-order valence-electron chi connectivity index (χ3n) is 5.80. The molecular weight excluding hydrogens is 446 g/mol. The lowest BCUT2D eigenvalue weighted by atomic mass is 9.91. The summed E-state index contributed by atoms with van der Waals surface area (Å²) in [6, 6.07) is 15.1. The highest BCUT2D eigenvalue weighted by atomic mass is 16.5. The van der Waals surface area contributed by atoms with E-state index in [1.807, 2.05) is 0 Å². The van der Waals surface area contributed by atoms with Gasteiger partial charge in [-0.2, -0.15) is 0 Å². The van der Waals surface area contributed by atoms with Gasteiger partial charge < -0.3 is 21.1 Å². The number of carbonyl (C=O) groups excluding carboxylic acids is 1. The van der Waals surface area contributed by atoms with Crippen LogP contribution in [0.2, 0.25) is 0 Å². The normalized spacial score (nSPS) is 13.5. The van der Waals surface area contributed by atoms with Crippen LogP contribution in [-0.2, 0) is 9.53 Å². The first kappa shape index (κ1) is 28.2. The van der Waals surface area contributed by atoms with Crippen LogP contribution in [0.3, 0.4) is 0 Å². The fraction of sp³-hybridized carbons (Fsp3) is 0.258. The van der Waals surface area contributed by atoms with E-state index in [0.29, 0.717) is 0 Å². The van der Waals surface area contributed by atoms with Crippen molar-refractivity contribution in [3.8, 4) is 0 Å². The molecule has 1 unspecified atom stereocenters. The van der Waals surface area contributed by atoms with E-state index >= 15 is 0 Å². The molecular formula is C31H39N3O2. The molecule has 1 aliphatic carbocycles. The molecule has 0 radical (unpaired) electrons. The van der Waals surface area contributed by atoms with E-state index in [0.717, 1.165) is 43.6 Å². The Balaban J connectivity index is 0.00000145. The SMILES string of the molecule is C=C(CC1=CCCC=C1C(=C)NC(C)c1cccc2ccccc12)NCC/C=C/C(=O)OC.C=CN. The number of benzene rings is 2. The Hall–Kier alpha value is -3.99. The third kappa shape index (κ3) is 8.66. The van der Waals surface area contributed by atoms with Crippen molar-refractivity contribution in [2.75, 3.05) is 13.7 Å². The molecule has 190 valence electrons. The summed E-state index contributed by atoms with van der Waals surface area (Å²) in [6.07, 6.45) is 12.6. The van der Waals surface area contributed by atoms with Crippen molar-refractivity contribution in [2.45, 2.75) is 38.6 Å². The van der Waals surface area contributed by atoms with Crippen LogP contribution in [0, 0.1) is 0 Å². The summed E-state index contributed by atoms with van der Waals surface area (Å²) in [5, 5.41) is 9.49. The molecule has 0 amide bonds. The monoisotopic (exact) mass is 485 g/mol. The van der Waals surface area contributed by atoms with Gasteiger partial charge in [-0.05, 0) is 59.9 Å². The summed E-state index contributed by atoms with van der Waals surface area (Å²) in [5.41, 5.74) is 10.2. The molecule has 4 N–H and O–H groups in total. The maximum atomic E-state index is 11.1. The van der Waals surface area contributed by atoms with Crippen LogP contribution < -0.4 is 16.4 Å². The molecule has 0 heterocycles. The van der Waals surface area contributed by atoms with Gasteiger partial charge in [-0.15, -0.1) is 0 Å². The number of esters is 1. The fourth-order valence-electron chi connectivity index (χ4n) is 4.13. The Bertz CT molecular complexity index is 1150. The van der Waals surface area contributed by atoms with Crippen LogP contribution in [0.25, 0.3) is 10.8 Å². The summed E-state index contributed by atoms with van der Waals surface area (Å²) in [7, 11) is 1.38. The van der Waals surface area contributed by atoms with Crippen molar-refractivity contribution in [1.29, 1.82) is 0 Å². The van der Waals surface area contributed by atoms with Crippen LogP contribution in [0.5, 0.6) is 0 Å². The summed E-state index contributed by atoms with van der Waals surface area (Å²) < 4.78 is 4.60. The van der Waals surface area contributed by atoms with Gasteiger partial charge in [-0.25, -0.2) is 4.79 Å². The molecule has 0 aromatic heterocycles. The Kier molecular flexibility index (Phi) is 11.8. The van der Waals surface area contributed by atoms with Crippen molar-refractivity contribution in [1.82, 2.24) is 10.6 Å². The first-order valence-electron chi connectivity index (χ1n) is 12.2. The van der Waals surface area contributed by atoms with Gasteiger partial charge in [0, 0.05) is 36.5 Å². The highest BCUT2D eigenvalue weighted by Gasteiger charge is 2.16. The number of nitrogens with one attached hydrogen (secondary N) is 2. The molecule has 0 saturated heterocycles. The zero-order valence-electron chi connectivity index (χ0n) is 21.6. The van der Waals surface area contributed by atoms with Crippen LogP contribution >= 0.6 is 0 Å². The zero-order valence-corrected chi connectivity index (χ0v) is 21.6. The highest BCUT2D eigenvalue weighted by molar-refractivity contribution is 5.86. The van der Waals surface area contributed by atoms with Crippen LogP contribution in [0.1, 0.15) is 44.2 Å². The largest absolute Gasteiger partial charge is 0.466 e. The molecule has 5 nitrogen and oxygen atoms in total. The number of rotatable bonds is 11. The fourth-order valence-corrected chi connectivity index (χ4v) is 4.13. The lowest BCUT2D eigenvalue weighted by Gasteiger charge is -2.24. The third-order valence-corrected chi connectivity index (χ3v) is 5.80. The lowest BCUT2D eigenvalue weighted by molar-refractivity contribution is -0.134. The summed E-state index contributed by atoms with van der Waals surface area (Å²) in [5.74, 6) is -0.334. The molecule has 1 atom stereocenters. The molecule has 3 rings (SSSR count). The molecule has 36 heavy (non-hydrogen) atoms. The molecule has 2 aromatic carbocycles. The number of ether oxygens (including phenoxy) is 1. The van der Waals surface area contributed by atoms with Crippen molar-refractivity contribution >= 4 is 16.7 Å². The Morgan fingerprint density at radius 1 is 1.14 bits per heavy atom. The van der Waals surface area contributed by atoms with Gasteiger partial charge in [-0.1, -0.05) is 80.4 Å². The van der Waals surface area contributed by atoms with Crippen molar-refractivity contribution < 1.29 is 9.53 Å². The minimum atomic E-state index is -0.334. The lowest BCUT2D eigenvalue weighted by Crippen LogP contribution is -2.21. The molecule has 0 aliphatic heterocycles. The quantitative estimate of drug-likeness (QED) is 0.196. The smallest absolute Gasteiger partial charge is 0.330 e. The molecule has 1 aliphatic rings. The second-order valence-corrected chi connectivity index (χ2v) is 8.49.